The molecular weight excluding hydrogens is 100 g/mol. The number of nitrogens with two attached hydrogens (primary N) is 1. The third-order valence-corrected chi connectivity index (χ3v) is 2.25. The molecule has 0 aromatic carbocycles. The topological polar surface area (TPSA) is 19.9 Å². The van der Waals surface area contributed by atoms with E-state index in [9.17, 15) is 0 Å². The SMILES string of the molecule is C1CN2CCC(C2)[NH2+]1. The maximum atomic E-state index is 2.56. The van der Waals surface area contributed by atoms with E-state index < -0.39 is 0 Å². The smallest absolute Gasteiger partial charge is 0.100 e. The molecule has 0 aromatic rings. The number of hydrogen-bond acceptors (Lipinski definition) is 1. The van der Waals surface area contributed by atoms with Gasteiger partial charge in [-0.2, -0.15) is 0 Å². The Labute approximate surface area is 49.9 Å². The van der Waals surface area contributed by atoms with Crippen LogP contribution >= 0.6 is 0 Å². The molecule has 0 amide bonds. The van der Waals surface area contributed by atoms with Crippen molar-refractivity contribution in [3.8, 4) is 0 Å². The quantitative estimate of drug-likeness (QED) is 0.411. The fraction of sp³-hybridized carbons (Fsp3) is 1.00. The van der Waals surface area contributed by atoms with E-state index in [0.29, 0.717) is 0 Å². The molecule has 46 valence electrons. The van der Waals surface area contributed by atoms with Crippen molar-refractivity contribution in [3.63, 3.8) is 0 Å². The van der Waals surface area contributed by atoms with Gasteiger partial charge >= 0.3 is 0 Å². The highest BCUT2D eigenvalue weighted by Gasteiger charge is 2.28. The molecule has 2 bridgehead atoms. The van der Waals surface area contributed by atoms with E-state index >= 15 is 0 Å². The second-order valence-electron chi connectivity index (χ2n) is 2.87. The molecule has 2 saturated heterocycles. The molecule has 2 rings (SSSR count). The number of piperazine rings is 1. The second-order valence-corrected chi connectivity index (χ2v) is 2.87. The summed E-state index contributed by atoms with van der Waals surface area (Å²) in [5, 5.41) is 2.49. The Hall–Kier alpha value is -0.0800. The van der Waals surface area contributed by atoms with Gasteiger partial charge < -0.3 is 5.32 Å². The van der Waals surface area contributed by atoms with Gasteiger partial charge in [0.1, 0.15) is 6.04 Å². The summed E-state index contributed by atoms with van der Waals surface area (Å²) in [5.41, 5.74) is 0. The third kappa shape index (κ3) is 0.644. The Morgan fingerprint density at radius 3 is 3.12 bits per heavy atom. The summed E-state index contributed by atoms with van der Waals surface area (Å²) in [7, 11) is 0. The Morgan fingerprint density at radius 1 is 1.38 bits per heavy atom. The lowest BCUT2D eigenvalue weighted by atomic mass is 10.2. The molecule has 2 fully saturated rings. The summed E-state index contributed by atoms with van der Waals surface area (Å²) in [6.45, 7) is 5.39. The number of hydrogen-bond donors (Lipinski definition) is 1. The van der Waals surface area contributed by atoms with Crippen LogP contribution in [0.3, 0.4) is 0 Å². The van der Waals surface area contributed by atoms with Crippen LogP contribution in [-0.4, -0.2) is 37.1 Å². The van der Waals surface area contributed by atoms with Crippen molar-refractivity contribution in [2.24, 2.45) is 0 Å². The molecule has 0 aliphatic carbocycles. The normalized spacial score (nSPS) is 45.0. The van der Waals surface area contributed by atoms with Crippen LogP contribution in [0.25, 0.3) is 0 Å². The second kappa shape index (κ2) is 1.71. The van der Waals surface area contributed by atoms with Crippen LogP contribution in [0, 0.1) is 0 Å². The van der Waals surface area contributed by atoms with E-state index in [1.807, 2.05) is 0 Å². The standard InChI is InChI=1S/C6H12N2/c1-3-8-4-2-7-6(1)5-8/h6-7H,1-5H2/p+1. The summed E-state index contributed by atoms with van der Waals surface area (Å²) in [5.74, 6) is 0. The van der Waals surface area contributed by atoms with Crippen LogP contribution in [0.4, 0.5) is 0 Å². The van der Waals surface area contributed by atoms with Gasteiger partial charge in [0.15, 0.2) is 0 Å². The van der Waals surface area contributed by atoms with E-state index in [-0.39, 0.29) is 0 Å². The number of fused-ring (bicyclic) bond motifs is 2. The Kier molecular flexibility index (Phi) is 1.02. The Balaban J connectivity index is 2.03. The number of quaternary nitrogens is 1. The highest BCUT2D eigenvalue weighted by molar-refractivity contribution is 4.76. The highest BCUT2D eigenvalue weighted by Crippen LogP contribution is 2.06. The maximum Gasteiger partial charge on any atom is 0.100 e. The minimum atomic E-state index is 0.962. The molecule has 2 aliphatic rings. The molecule has 0 radical (unpaired) electrons. The fourth-order valence-electron chi connectivity index (χ4n) is 1.75. The zero-order valence-electron chi connectivity index (χ0n) is 5.14. The zero-order chi connectivity index (χ0) is 5.40. The lowest BCUT2D eigenvalue weighted by molar-refractivity contribution is -0.691. The van der Waals surface area contributed by atoms with Gasteiger partial charge in [0.25, 0.3) is 0 Å². The lowest BCUT2D eigenvalue weighted by Gasteiger charge is -2.19. The van der Waals surface area contributed by atoms with Crippen molar-refractivity contribution >= 4 is 0 Å². The van der Waals surface area contributed by atoms with E-state index in [0.717, 1.165) is 6.04 Å². The van der Waals surface area contributed by atoms with Gasteiger partial charge in [0.05, 0.1) is 13.1 Å². The molecule has 0 saturated carbocycles. The van der Waals surface area contributed by atoms with Gasteiger partial charge in [0.2, 0.25) is 0 Å². The van der Waals surface area contributed by atoms with Crippen LogP contribution in [0.1, 0.15) is 6.42 Å². The Morgan fingerprint density at radius 2 is 2.38 bits per heavy atom. The predicted octanol–water partition coefficient (Wildman–Crippen LogP) is -1.36. The van der Waals surface area contributed by atoms with Crippen molar-refractivity contribution in [2.45, 2.75) is 12.5 Å². The van der Waals surface area contributed by atoms with Crippen molar-refractivity contribution in [1.82, 2.24) is 4.90 Å². The van der Waals surface area contributed by atoms with Crippen LogP contribution in [0.2, 0.25) is 0 Å². The van der Waals surface area contributed by atoms with E-state index in [4.69, 9.17) is 0 Å². The minimum Gasteiger partial charge on any atom is -0.342 e. The average Bonchev–Trinajstić information content (AvgIpc) is 2.12. The first-order valence-corrected chi connectivity index (χ1v) is 3.51. The van der Waals surface area contributed by atoms with Crippen molar-refractivity contribution < 1.29 is 5.32 Å². The molecule has 2 heterocycles. The summed E-state index contributed by atoms with van der Waals surface area (Å²) in [6, 6.07) is 0.962. The first kappa shape index (κ1) is 4.77. The van der Waals surface area contributed by atoms with Gasteiger partial charge in [-0.1, -0.05) is 0 Å². The molecule has 2 aliphatic heterocycles. The van der Waals surface area contributed by atoms with E-state index in [1.165, 1.54) is 32.6 Å². The molecule has 8 heavy (non-hydrogen) atoms. The Bertz CT molecular complexity index is 78.5. The highest BCUT2D eigenvalue weighted by atomic mass is 15.2. The van der Waals surface area contributed by atoms with Crippen LogP contribution in [-0.2, 0) is 0 Å². The summed E-state index contributed by atoms with van der Waals surface area (Å²) < 4.78 is 0. The molecule has 2 heteroatoms. The molecule has 0 spiro atoms. The van der Waals surface area contributed by atoms with Crippen molar-refractivity contribution in [1.29, 1.82) is 0 Å². The van der Waals surface area contributed by atoms with Gasteiger partial charge in [-0.25, -0.2) is 0 Å². The fourth-order valence-corrected chi connectivity index (χ4v) is 1.75. The van der Waals surface area contributed by atoms with Gasteiger partial charge in [0, 0.05) is 19.5 Å². The predicted molar refractivity (Wildman–Crippen MR) is 31.6 cm³/mol. The molecule has 0 aromatic heterocycles. The van der Waals surface area contributed by atoms with Crippen molar-refractivity contribution in [3.05, 3.63) is 0 Å². The van der Waals surface area contributed by atoms with Gasteiger partial charge in [-0.05, 0) is 0 Å². The van der Waals surface area contributed by atoms with E-state index in [2.05, 4.69) is 10.2 Å². The number of rotatable bonds is 0. The van der Waals surface area contributed by atoms with Gasteiger partial charge in [-0.3, -0.25) is 4.90 Å². The van der Waals surface area contributed by atoms with Crippen LogP contribution < -0.4 is 5.32 Å². The largest absolute Gasteiger partial charge is 0.342 e. The van der Waals surface area contributed by atoms with Gasteiger partial charge in [-0.15, -0.1) is 0 Å². The molecular formula is C6H13N2+. The first-order chi connectivity index (χ1) is 3.95. The molecule has 2 N–H and O–H groups in total. The van der Waals surface area contributed by atoms with Crippen LogP contribution in [0.5, 0.6) is 0 Å². The molecule has 2 unspecified atom stereocenters. The average molecular weight is 113 g/mol. The zero-order valence-corrected chi connectivity index (χ0v) is 5.14. The lowest BCUT2D eigenvalue weighted by Crippen LogP contribution is -2.93. The van der Waals surface area contributed by atoms with Crippen molar-refractivity contribution in [2.75, 3.05) is 26.2 Å². The summed E-state index contributed by atoms with van der Waals surface area (Å²) in [4.78, 5) is 2.56. The van der Waals surface area contributed by atoms with E-state index in [1.54, 1.807) is 0 Å². The monoisotopic (exact) mass is 113 g/mol. The molecule has 2 atom stereocenters. The minimum absolute atomic E-state index is 0.962. The third-order valence-electron chi connectivity index (χ3n) is 2.25. The maximum absolute atomic E-state index is 2.56. The van der Waals surface area contributed by atoms with Crippen LogP contribution in [0.15, 0.2) is 0 Å². The summed E-state index contributed by atoms with van der Waals surface area (Å²) in [6.07, 6.45) is 1.43. The molecule has 2 nitrogen and oxygen atoms in total. The summed E-state index contributed by atoms with van der Waals surface area (Å²) >= 11 is 0. The first-order valence-electron chi connectivity index (χ1n) is 3.51. The number of nitrogens with zero attached hydrogens (tertiary/aromatic N) is 1.